The molecule has 2 aromatic carbocycles. The maximum atomic E-state index is 15.1. The maximum absolute atomic E-state index is 15.1. The van der Waals surface area contributed by atoms with Gasteiger partial charge in [0.15, 0.2) is 11.6 Å². The minimum atomic E-state index is -4.21. The lowest BCUT2D eigenvalue weighted by atomic mass is 10.1. The molecule has 1 saturated heterocycles. The lowest BCUT2D eigenvalue weighted by molar-refractivity contribution is 0.381. The second kappa shape index (κ2) is 13.3. The maximum Gasteiger partial charge on any atom is 0.261 e. The largest absolute Gasteiger partial charge is 0.497 e. The lowest BCUT2D eigenvalue weighted by Crippen LogP contribution is -2.38. The van der Waals surface area contributed by atoms with Crippen molar-refractivity contribution in [2.75, 3.05) is 30.2 Å². The zero-order valence-corrected chi connectivity index (χ0v) is 23.3. The van der Waals surface area contributed by atoms with Crippen LogP contribution in [0.2, 0.25) is 0 Å². The summed E-state index contributed by atoms with van der Waals surface area (Å²) in [6.07, 6.45) is 6.91. The Labute approximate surface area is 237 Å². The summed E-state index contributed by atoms with van der Waals surface area (Å²) < 4.78 is 68.3. The van der Waals surface area contributed by atoms with Crippen LogP contribution in [0.5, 0.6) is 11.5 Å². The molecule has 0 bridgehead atoms. The van der Waals surface area contributed by atoms with Crippen molar-refractivity contribution >= 4 is 33.9 Å². The topological polar surface area (TPSA) is 127 Å². The number of methoxy groups -OCH3 is 1. The van der Waals surface area contributed by atoms with E-state index in [0.29, 0.717) is 23.0 Å². The Morgan fingerprint density at radius 3 is 2.61 bits per heavy atom. The normalized spacial score (nSPS) is 16.1. The fraction of sp³-hybridized carbons (Fsp3) is 0.250. The predicted molar refractivity (Wildman–Crippen MR) is 154 cm³/mol. The number of hydrogen-bond acceptors (Lipinski definition) is 9. The molecule has 1 atom stereocenters. The highest BCUT2D eigenvalue weighted by Crippen LogP contribution is 2.31. The van der Waals surface area contributed by atoms with E-state index >= 15 is 8.78 Å². The van der Waals surface area contributed by atoms with Crippen LogP contribution in [0.1, 0.15) is 25.5 Å². The Bertz CT molecular complexity index is 1560. The van der Waals surface area contributed by atoms with Gasteiger partial charge in [-0.25, -0.2) is 27.8 Å². The highest BCUT2D eigenvalue weighted by atomic mass is 32.2. The number of ether oxygens (including phenoxy) is 2. The summed E-state index contributed by atoms with van der Waals surface area (Å²) >= 11 is 0. The van der Waals surface area contributed by atoms with Crippen molar-refractivity contribution in [3.05, 3.63) is 84.0 Å². The third-order valence-electron chi connectivity index (χ3n) is 6.14. The number of halogens is 2. The third kappa shape index (κ3) is 7.24. The number of rotatable bonds is 11. The van der Waals surface area contributed by atoms with Gasteiger partial charge in [-0.05, 0) is 75.5 Å². The molecule has 0 aliphatic carbocycles. The molecule has 10 nitrogen and oxygen atoms in total. The summed E-state index contributed by atoms with van der Waals surface area (Å²) in [7, 11) is -2.78. The molecule has 1 aliphatic rings. The lowest BCUT2D eigenvalue weighted by Gasteiger charge is -2.23. The van der Waals surface area contributed by atoms with Crippen molar-refractivity contribution in [3.8, 4) is 11.5 Å². The van der Waals surface area contributed by atoms with Crippen LogP contribution in [-0.2, 0) is 10.0 Å². The van der Waals surface area contributed by atoms with Crippen molar-refractivity contribution in [1.82, 2.24) is 15.3 Å². The van der Waals surface area contributed by atoms with Crippen LogP contribution < -0.4 is 24.8 Å². The van der Waals surface area contributed by atoms with Gasteiger partial charge in [-0.3, -0.25) is 4.72 Å². The van der Waals surface area contributed by atoms with Gasteiger partial charge in [-0.2, -0.15) is 4.39 Å². The minimum Gasteiger partial charge on any atom is -0.497 e. The Morgan fingerprint density at radius 2 is 1.95 bits per heavy atom. The number of piperidine rings is 1. The van der Waals surface area contributed by atoms with E-state index in [9.17, 15) is 8.42 Å². The summed E-state index contributed by atoms with van der Waals surface area (Å²) in [6.45, 7) is 7.02. The number of allylic oxidation sites excluding steroid dienone is 3. The van der Waals surface area contributed by atoms with E-state index in [1.54, 1.807) is 31.3 Å². The first-order valence-electron chi connectivity index (χ1n) is 12.7. The first-order chi connectivity index (χ1) is 19.7. The minimum absolute atomic E-state index is 0.142. The molecule has 0 unspecified atom stereocenters. The fourth-order valence-corrected chi connectivity index (χ4v) is 5.15. The Hall–Kier alpha value is -4.36. The van der Waals surface area contributed by atoms with Gasteiger partial charge >= 0.3 is 0 Å². The molecule has 2 heterocycles. The van der Waals surface area contributed by atoms with Crippen LogP contribution in [0.25, 0.3) is 5.57 Å². The van der Waals surface area contributed by atoms with Crippen LogP contribution in [0.4, 0.5) is 20.4 Å². The molecular formula is C28H30F2N6O4S. The molecule has 0 spiro atoms. The molecule has 3 N–H and O–H groups in total. The Kier molecular flexibility index (Phi) is 9.63. The molecule has 216 valence electrons. The number of nitrogens with one attached hydrogen (secondary N) is 3. The van der Waals surface area contributed by atoms with Crippen molar-refractivity contribution < 1.29 is 26.7 Å². The first kappa shape index (κ1) is 29.6. The Morgan fingerprint density at radius 1 is 1.17 bits per heavy atom. The van der Waals surface area contributed by atoms with Gasteiger partial charge < -0.3 is 20.1 Å². The number of hydrogen-bond donors (Lipinski definition) is 3. The molecule has 1 fully saturated rings. The molecule has 0 amide bonds. The number of aromatic nitrogens is 2. The second-order valence-electron chi connectivity index (χ2n) is 8.95. The average molecular weight is 585 g/mol. The summed E-state index contributed by atoms with van der Waals surface area (Å²) in [4.78, 5) is 12.6. The van der Waals surface area contributed by atoms with Crippen LogP contribution in [0.15, 0.2) is 76.6 Å². The van der Waals surface area contributed by atoms with Crippen LogP contribution in [0, 0.1) is 11.6 Å². The molecule has 0 saturated carbocycles. The second-order valence-corrected chi connectivity index (χ2v) is 10.6. The van der Waals surface area contributed by atoms with E-state index in [-0.39, 0.29) is 16.8 Å². The Balaban J connectivity index is 1.60. The molecule has 41 heavy (non-hydrogen) atoms. The average Bonchev–Trinajstić information content (AvgIpc) is 2.99. The summed E-state index contributed by atoms with van der Waals surface area (Å²) in [5, 5.41) is 6.61. The van der Waals surface area contributed by atoms with E-state index in [1.165, 1.54) is 31.4 Å². The van der Waals surface area contributed by atoms with E-state index in [2.05, 4.69) is 37.0 Å². The van der Waals surface area contributed by atoms with Gasteiger partial charge in [0, 0.05) is 18.8 Å². The SMILES string of the molecule is C=N/C(Oc1ccc(NS(=O)(=O)c2ccc(OC)cc2)c(F)c1F)=C(\C=C/C)c1ccnc(N[C@H]2CCCNC2)n1. The van der Waals surface area contributed by atoms with Gasteiger partial charge in [0.05, 0.1) is 29.0 Å². The molecule has 0 radical (unpaired) electrons. The third-order valence-corrected chi connectivity index (χ3v) is 7.52. The number of anilines is 2. The van der Waals surface area contributed by atoms with Gasteiger partial charge in [0.25, 0.3) is 10.0 Å². The van der Waals surface area contributed by atoms with Crippen molar-refractivity contribution in [1.29, 1.82) is 0 Å². The molecule has 1 aliphatic heterocycles. The van der Waals surface area contributed by atoms with Crippen LogP contribution in [0.3, 0.4) is 0 Å². The van der Waals surface area contributed by atoms with Gasteiger partial charge in [0.2, 0.25) is 17.6 Å². The number of aliphatic imine (C=N–C) groups is 1. The molecule has 3 aromatic rings. The van der Waals surface area contributed by atoms with E-state index in [1.807, 2.05) is 0 Å². The predicted octanol–water partition coefficient (Wildman–Crippen LogP) is 4.75. The standard InChI is InChI=1S/C28H30F2N6O4S/c1-4-6-21(22-14-16-33-28(35-22)34-18-7-5-15-32-17-18)27(31-2)40-24-13-12-23(25(29)26(24)30)36-41(37,38)20-10-8-19(39-3)9-11-20/h4,6,8-14,16,18,32,36H,2,5,7,15,17H2,1,3H3,(H,33,34,35)/b6-4-,27-21-/t18-/m0/s1. The summed E-state index contributed by atoms with van der Waals surface area (Å²) in [5.41, 5.74) is 0.162. The van der Waals surface area contributed by atoms with Crippen LogP contribution >= 0.6 is 0 Å². The molecule has 4 rings (SSSR count). The highest BCUT2D eigenvalue weighted by Gasteiger charge is 2.22. The fourth-order valence-electron chi connectivity index (χ4n) is 4.09. The van der Waals surface area contributed by atoms with Crippen LogP contribution in [-0.4, -0.2) is 51.3 Å². The highest BCUT2D eigenvalue weighted by molar-refractivity contribution is 7.92. The summed E-state index contributed by atoms with van der Waals surface area (Å²) in [5.74, 6) is -2.71. The van der Waals surface area contributed by atoms with E-state index < -0.39 is 33.1 Å². The zero-order chi connectivity index (χ0) is 29.4. The monoisotopic (exact) mass is 584 g/mol. The number of benzene rings is 2. The van der Waals surface area contributed by atoms with E-state index in [4.69, 9.17) is 9.47 Å². The first-order valence-corrected chi connectivity index (χ1v) is 14.2. The molecule has 13 heteroatoms. The van der Waals surface area contributed by atoms with Gasteiger partial charge in [-0.1, -0.05) is 12.2 Å². The smallest absolute Gasteiger partial charge is 0.261 e. The number of sulfonamides is 1. The summed E-state index contributed by atoms with van der Waals surface area (Å²) in [6, 6.07) is 9.36. The van der Waals surface area contributed by atoms with Crippen molar-refractivity contribution in [2.24, 2.45) is 4.99 Å². The van der Waals surface area contributed by atoms with Crippen molar-refractivity contribution in [2.45, 2.75) is 30.7 Å². The van der Waals surface area contributed by atoms with Gasteiger partial charge in [-0.15, -0.1) is 0 Å². The zero-order valence-electron chi connectivity index (χ0n) is 22.5. The van der Waals surface area contributed by atoms with Gasteiger partial charge in [0.1, 0.15) is 5.75 Å². The molecule has 1 aromatic heterocycles. The number of nitrogens with zero attached hydrogens (tertiary/aromatic N) is 3. The quantitative estimate of drug-likeness (QED) is 0.167. The van der Waals surface area contributed by atoms with Crippen molar-refractivity contribution in [3.63, 3.8) is 0 Å². The molecular weight excluding hydrogens is 554 g/mol. The van der Waals surface area contributed by atoms with E-state index in [0.717, 1.165) is 38.1 Å².